The number of pyridine rings is 1. The number of aromatic nitrogens is 1. The zero-order valence-electron chi connectivity index (χ0n) is 10.0. The van der Waals surface area contributed by atoms with Crippen molar-refractivity contribution in [1.82, 2.24) is 4.98 Å². The van der Waals surface area contributed by atoms with E-state index in [2.05, 4.69) is 4.98 Å². The minimum atomic E-state index is -0.340. The van der Waals surface area contributed by atoms with Crippen LogP contribution in [-0.2, 0) is 4.74 Å². The Morgan fingerprint density at radius 1 is 1.50 bits per heavy atom. The quantitative estimate of drug-likeness (QED) is 0.838. The molecule has 16 heavy (non-hydrogen) atoms. The normalized spacial score (nSPS) is 13.8. The van der Waals surface area contributed by atoms with Crippen LogP contribution in [0, 0.1) is 5.82 Å². The van der Waals surface area contributed by atoms with Crippen molar-refractivity contribution in [1.29, 1.82) is 0 Å². The molecule has 0 saturated heterocycles. The van der Waals surface area contributed by atoms with Gasteiger partial charge in [-0.3, -0.25) is 4.98 Å². The second kappa shape index (κ2) is 5.37. The molecule has 0 radical (unpaired) electrons. The zero-order valence-corrected chi connectivity index (χ0v) is 10.0. The lowest BCUT2D eigenvalue weighted by atomic mass is 9.97. The largest absolute Gasteiger partial charge is 0.379 e. The molecule has 0 aliphatic heterocycles. The summed E-state index contributed by atoms with van der Waals surface area (Å²) < 4.78 is 18.0. The molecule has 2 N–H and O–H groups in total. The average Bonchev–Trinajstić information content (AvgIpc) is 2.27. The van der Waals surface area contributed by atoms with E-state index in [4.69, 9.17) is 10.5 Å². The maximum Gasteiger partial charge on any atom is 0.141 e. The standard InChI is InChI=1S/C12H19FN2O/c1-12(2,16-3)7-6-10(14)11-5-4-9(13)8-15-11/h4-5,8,10H,6-7,14H2,1-3H3. The van der Waals surface area contributed by atoms with Crippen molar-refractivity contribution in [2.24, 2.45) is 5.73 Å². The first-order valence-corrected chi connectivity index (χ1v) is 5.37. The molecule has 1 aromatic heterocycles. The third kappa shape index (κ3) is 3.87. The molecule has 0 aliphatic carbocycles. The van der Waals surface area contributed by atoms with Gasteiger partial charge in [0.05, 0.1) is 17.5 Å². The van der Waals surface area contributed by atoms with E-state index in [-0.39, 0.29) is 17.5 Å². The van der Waals surface area contributed by atoms with Gasteiger partial charge in [-0.2, -0.15) is 0 Å². The Hall–Kier alpha value is -1.00. The molecule has 0 saturated carbocycles. The maximum absolute atomic E-state index is 12.7. The summed E-state index contributed by atoms with van der Waals surface area (Å²) in [5.74, 6) is -0.340. The summed E-state index contributed by atoms with van der Waals surface area (Å²) in [5, 5.41) is 0. The van der Waals surface area contributed by atoms with Gasteiger partial charge in [-0.15, -0.1) is 0 Å². The molecular weight excluding hydrogens is 207 g/mol. The van der Waals surface area contributed by atoms with E-state index >= 15 is 0 Å². The second-order valence-electron chi connectivity index (χ2n) is 4.51. The van der Waals surface area contributed by atoms with Crippen LogP contribution in [0.5, 0.6) is 0 Å². The number of nitrogens with two attached hydrogens (primary N) is 1. The van der Waals surface area contributed by atoms with Crippen LogP contribution in [0.4, 0.5) is 4.39 Å². The molecule has 90 valence electrons. The molecule has 0 aromatic carbocycles. The van der Waals surface area contributed by atoms with Gasteiger partial charge < -0.3 is 10.5 Å². The molecule has 4 heteroatoms. The van der Waals surface area contributed by atoms with Crippen LogP contribution in [0.25, 0.3) is 0 Å². The number of methoxy groups -OCH3 is 1. The minimum Gasteiger partial charge on any atom is -0.379 e. The monoisotopic (exact) mass is 226 g/mol. The summed E-state index contributed by atoms with van der Waals surface area (Å²) >= 11 is 0. The van der Waals surface area contributed by atoms with Crippen LogP contribution in [0.1, 0.15) is 38.4 Å². The number of hydrogen-bond acceptors (Lipinski definition) is 3. The van der Waals surface area contributed by atoms with Gasteiger partial charge in [0.15, 0.2) is 0 Å². The summed E-state index contributed by atoms with van der Waals surface area (Å²) in [6.07, 6.45) is 2.79. The van der Waals surface area contributed by atoms with Crippen molar-refractivity contribution >= 4 is 0 Å². The Labute approximate surface area is 95.8 Å². The number of hydrogen-bond donors (Lipinski definition) is 1. The van der Waals surface area contributed by atoms with Crippen molar-refractivity contribution < 1.29 is 9.13 Å². The molecule has 0 aliphatic rings. The molecule has 1 unspecified atom stereocenters. The fourth-order valence-corrected chi connectivity index (χ4v) is 1.36. The molecule has 1 aromatic rings. The Kier molecular flexibility index (Phi) is 4.38. The minimum absolute atomic E-state index is 0.171. The Bertz CT molecular complexity index is 324. The van der Waals surface area contributed by atoms with E-state index in [0.717, 1.165) is 12.8 Å². The first kappa shape index (κ1) is 13.1. The molecule has 1 heterocycles. The zero-order chi connectivity index (χ0) is 12.2. The van der Waals surface area contributed by atoms with E-state index in [0.29, 0.717) is 5.69 Å². The SMILES string of the molecule is COC(C)(C)CCC(N)c1ccc(F)cn1. The first-order chi connectivity index (χ1) is 7.44. The van der Waals surface area contributed by atoms with Gasteiger partial charge >= 0.3 is 0 Å². The van der Waals surface area contributed by atoms with Crippen molar-refractivity contribution in [2.75, 3.05) is 7.11 Å². The number of ether oxygens (including phenoxy) is 1. The third-order valence-corrected chi connectivity index (χ3v) is 2.74. The number of halogens is 1. The Morgan fingerprint density at radius 2 is 2.19 bits per heavy atom. The van der Waals surface area contributed by atoms with E-state index in [1.807, 2.05) is 13.8 Å². The smallest absolute Gasteiger partial charge is 0.141 e. The van der Waals surface area contributed by atoms with E-state index in [9.17, 15) is 4.39 Å². The highest BCUT2D eigenvalue weighted by molar-refractivity contribution is 5.09. The highest BCUT2D eigenvalue weighted by atomic mass is 19.1. The third-order valence-electron chi connectivity index (χ3n) is 2.74. The average molecular weight is 226 g/mol. The predicted octanol–water partition coefficient (Wildman–Crippen LogP) is 2.43. The van der Waals surface area contributed by atoms with Crippen molar-refractivity contribution in [3.05, 3.63) is 29.8 Å². The highest BCUT2D eigenvalue weighted by Gasteiger charge is 2.18. The van der Waals surface area contributed by atoms with Gasteiger partial charge in [0.25, 0.3) is 0 Å². The van der Waals surface area contributed by atoms with Crippen LogP contribution < -0.4 is 5.73 Å². The van der Waals surface area contributed by atoms with Crippen molar-refractivity contribution in [3.63, 3.8) is 0 Å². The summed E-state index contributed by atoms with van der Waals surface area (Å²) in [4.78, 5) is 3.96. The first-order valence-electron chi connectivity index (χ1n) is 5.37. The molecule has 0 fully saturated rings. The van der Waals surface area contributed by atoms with Crippen LogP contribution >= 0.6 is 0 Å². The fourth-order valence-electron chi connectivity index (χ4n) is 1.36. The number of rotatable bonds is 5. The second-order valence-corrected chi connectivity index (χ2v) is 4.51. The molecule has 0 amide bonds. The molecule has 1 atom stereocenters. The Morgan fingerprint density at radius 3 is 2.69 bits per heavy atom. The Balaban J connectivity index is 2.53. The van der Waals surface area contributed by atoms with Gasteiger partial charge in [-0.1, -0.05) is 0 Å². The molecule has 3 nitrogen and oxygen atoms in total. The number of nitrogens with zero attached hydrogens (tertiary/aromatic N) is 1. The summed E-state index contributed by atoms with van der Waals surface area (Å²) in [6, 6.07) is 2.83. The van der Waals surface area contributed by atoms with Crippen LogP contribution in [0.15, 0.2) is 18.3 Å². The van der Waals surface area contributed by atoms with Crippen LogP contribution in [0.3, 0.4) is 0 Å². The molecule has 1 rings (SSSR count). The molecule has 0 spiro atoms. The predicted molar refractivity (Wildman–Crippen MR) is 61.4 cm³/mol. The fraction of sp³-hybridized carbons (Fsp3) is 0.583. The van der Waals surface area contributed by atoms with Gasteiger partial charge in [-0.05, 0) is 38.8 Å². The van der Waals surface area contributed by atoms with Gasteiger partial charge in [0.2, 0.25) is 0 Å². The molecular formula is C12H19FN2O. The summed E-state index contributed by atoms with van der Waals surface area (Å²) in [6.45, 7) is 4.02. The van der Waals surface area contributed by atoms with Gasteiger partial charge in [-0.25, -0.2) is 4.39 Å². The van der Waals surface area contributed by atoms with E-state index in [1.165, 1.54) is 12.3 Å². The lowest BCUT2D eigenvalue weighted by Crippen LogP contribution is -2.25. The van der Waals surface area contributed by atoms with E-state index < -0.39 is 0 Å². The summed E-state index contributed by atoms with van der Waals surface area (Å²) in [7, 11) is 1.68. The highest BCUT2D eigenvalue weighted by Crippen LogP contribution is 2.21. The lowest BCUT2D eigenvalue weighted by molar-refractivity contribution is 0.0124. The topological polar surface area (TPSA) is 48.1 Å². The van der Waals surface area contributed by atoms with Crippen molar-refractivity contribution in [3.8, 4) is 0 Å². The van der Waals surface area contributed by atoms with E-state index in [1.54, 1.807) is 13.2 Å². The van der Waals surface area contributed by atoms with Crippen LogP contribution in [-0.4, -0.2) is 17.7 Å². The van der Waals surface area contributed by atoms with Crippen LogP contribution in [0.2, 0.25) is 0 Å². The lowest BCUT2D eigenvalue weighted by Gasteiger charge is -2.24. The van der Waals surface area contributed by atoms with Gasteiger partial charge in [0, 0.05) is 13.2 Å². The summed E-state index contributed by atoms with van der Waals surface area (Å²) in [5.41, 5.74) is 6.50. The van der Waals surface area contributed by atoms with Gasteiger partial charge in [0.1, 0.15) is 5.82 Å². The van der Waals surface area contributed by atoms with Crippen molar-refractivity contribution in [2.45, 2.75) is 38.3 Å². The molecule has 0 bridgehead atoms. The maximum atomic E-state index is 12.7.